The molecule has 0 unspecified atom stereocenters. The van der Waals surface area contributed by atoms with E-state index in [9.17, 15) is 0 Å². The molecule has 86 valence electrons. The lowest BCUT2D eigenvalue weighted by Crippen LogP contribution is -2.25. The number of ether oxygens (including phenoxy) is 2. The van der Waals surface area contributed by atoms with Crippen LogP contribution in [0.2, 0.25) is 0 Å². The zero-order valence-electron chi connectivity index (χ0n) is 10.1. The molecule has 0 aromatic heterocycles. The smallest absolute Gasteiger partial charge is 0.254 e. The second-order valence-corrected chi connectivity index (χ2v) is 2.85. The van der Waals surface area contributed by atoms with E-state index in [1.807, 2.05) is 0 Å². The molecule has 0 spiro atoms. The first-order valence-corrected chi connectivity index (χ1v) is 4.63. The van der Waals surface area contributed by atoms with Crippen LogP contribution in [0.4, 0.5) is 0 Å². The Bertz CT molecular complexity index is 505. The topological polar surface area (TPSA) is 18.5 Å². The van der Waals surface area contributed by atoms with Gasteiger partial charge in [0.25, 0.3) is 11.2 Å². The largest absolute Gasteiger partial charge is 0.345 e. The summed E-state index contributed by atoms with van der Waals surface area (Å²) in [6.45, 7) is 0. The minimum Gasteiger partial charge on any atom is -0.345 e. The Kier molecular flexibility index (Phi) is 5.75. The molecule has 0 radical (unpaired) electrons. The lowest BCUT2D eigenvalue weighted by atomic mass is 10.1. The molecule has 0 heterocycles. The molecule has 0 aromatic rings. The molecule has 0 aliphatic heterocycles. The fourth-order valence-electron chi connectivity index (χ4n) is 0.804. The van der Waals surface area contributed by atoms with Gasteiger partial charge in [-0.05, 0) is 47.4 Å². The summed E-state index contributed by atoms with van der Waals surface area (Å²) < 4.78 is 9.84. The van der Waals surface area contributed by atoms with E-state index in [1.54, 1.807) is 0 Å². The van der Waals surface area contributed by atoms with E-state index in [1.165, 1.54) is 14.2 Å². The molecule has 2 nitrogen and oxygen atoms in total. The summed E-state index contributed by atoms with van der Waals surface area (Å²) in [5.74, 6) is 18.9. The van der Waals surface area contributed by atoms with Crippen molar-refractivity contribution in [2.75, 3.05) is 14.2 Å². The summed E-state index contributed by atoms with van der Waals surface area (Å²) in [6, 6.07) is 0. The van der Waals surface area contributed by atoms with Crippen molar-refractivity contribution in [1.29, 1.82) is 0 Å². The summed E-state index contributed by atoms with van der Waals surface area (Å²) >= 11 is 0. The summed E-state index contributed by atoms with van der Waals surface area (Å²) in [7, 11) is 2.70. The molecule has 2 heteroatoms. The van der Waals surface area contributed by atoms with E-state index in [-0.39, 0.29) is 0 Å². The van der Waals surface area contributed by atoms with Gasteiger partial charge in [0.1, 0.15) is 0 Å². The maximum atomic E-state index is 5.22. The fourth-order valence-corrected chi connectivity index (χ4v) is 0.804. The van der Waals surface area contributed by atoms with Gasteiger partial charge >= 0.3 is 0 Å². The van der Waals surface area contributed by atoms with Crippen molar-refractivity contribution in [3.63, 3.8) is 0 Å². The third kappa shape index (κ3) is 3.40. The van der Waals surface area contributed by atoms with Gasteiger partial charge in [-0.2, -0.15) is 0 Å². The predicted molar refractivity (Wildman–Crippen MR) is 70.4 cm³/mol. The molecule has 0 saturated heterocycles. The highest BCUT2D eigenvalue weighted by Gasteiger charge is 2.21. The van der Waals surface area contributed by atoms with Gasteiger partial charge in [0, 0.05) is 14.2 Å². The first-order valence-electron chi connectivity index (χ1n) is 4.63. The van der Waals surface area contributed by atoms with E-state index < -0.39 is 11.2 Å². The maximum Gasteiger partial charge on any atom is 0.254 e. The number of hydrogen-bond acceptors (Lipinski definition) is 2. The fraction of sp³-hybridized carbons (Fsp3) is 0.250. The quantitative estimate of drug-likeness (QED) is 0.640. The first kappa shape index (κ1) is 15.3. The number of methoxy groups -OCH3 is 2. The third-order valence-corrected chi connectivity index (χ3v) is 1.96. The van der Waals surface area contributed by atoms with Gasteiger partial charge in [0.05, 0.1) is 0 Å². The van der Waals surface area contributed by atoms with Gasteiger partial charge < -0.3 is 9.47 Å². The van der Waals surface area contributed by atoms with Crippen LogP contribution in [0, 0.1) is 73.1 Å². The van der Waals surface area contributed by atoms with Crippen molar-refractivity contribution < 1.29 is 9.47 Å². The zero-order valence-corrected chi connectivity index (χ0v) is 10.1. The molecule has 18 heavy (non-hydrogen) atoms. The lowest BCUT2D eigenvalue weighted by Gasteiger charge is -2.12. The third-order valence-electron chi connectivity index (χ3n) is 1.96. The number of terminal acetylenes is 4. The van der Waals surface area contributed by atoms with Crippen LogP contribution in [0.25, 0.3) is 0 Å². The molecule has 0 bridgehead atoms. The molecule has 0 atom stereocenters. The van der Waals surface area contributed by atoms with Crippen LogP contribution >= 0.6 is 0 Å². The van der Waals surface area contributed by atoms with Crippen molar-refractivity contribution >= 4 is 0 Å². The highest BCUT2D eigenvalue weighted by molar-refractivity contribution is 5.47. The molecule has 0 saturated carbocycles. The van der Waals surface area contributed by atoms with Crippen molar-refractivity contribution in [1.82, 2.24) is 0 Å². The average Bonchev–Trinajstić information content (AvgIpc) is 2.45. The zero-order chi connectivity index (χ0) is 14.1. The van der Waals surface area contributed by atoms with Crippen LogP contribution in [0.1, 0.15) is 0 Å². The first-order chi connectivity index (χ1) is 8.57. The van der Waals surface area contributed by atoms with Gasteiger partial charge in [-0.3, -0.25) is 0 Å². The normalized spacial score (nSPS) is 9.00. The minimum atomic E-state index is -1.41. The van der Waals surface area contributed by atoms with Crippen LogP contribution in [0.15, 0.2) is 0 Å². The second kappa shape index (κ2) is 6.78. The van der Waals surface area contributed by atoms with Crippen molar-refractivity contribution in [3.05, 3.63) is 0 Å². The summed E-state index contributed by atoms with van der Waals surface area (Å²) in [5, 5.41) is 0. The Morgan fingerprint density at radius 1 is 0.667 bits per heavy atom. The maximum absolute atomic E-state index is 5.22. The Hall–Kier alpha value is -2.72. The van der Waals surface area contributed by atoms with Crippen molar-refractivity contribution in [2.45, 2.75) is 11.2 Å². The van der Waals surface area contributed by atoms with Crippen molar-refractivity contribution in [2.24, 2.45) is 0 Å². The van der Waals surface area contributed by atoms with Crippen LogP contribution in [-0.4, -0.2) is 25.4 Å². The average molecular weight is 234 g/mol. The van der Waals surface area contributed by atoms with Gasteiger partial charge in [-0.1, -0.05) is 0 Å². The molecule has 0 aliphatic carbocycles. The Morgan fingerprint density at radius 3 is 1.11 bits per heavy atom. The number of hydrogen-bond donors (Lipinski definition) is 0. The Morgan fingerprint density at radius 2 is 0.944 bits per heavy atom. The van der Waals surface area contributed by atoms with E-state index in [0.717, 1.165) is 0 Å². The minimum absolute atomic E-state index is 1.35. The van der Waals surface area contributed by atoms with E-state index in [0.29, 0.717) is 0 Å². The van der Waals surface area contributed by atoms with Crippen LogP contribution in [-0.2, 0) is 9.47 Å². The Balaban J connectivity index is 5.29. The van der Waals surface area contributed by atoms with E-state index >= 15 is 0 Å². The molecular formula is C16H10O2. The van der Waals surface area contributed by atoms with E-state index in [4.69, 9.17) is 35.2 Å². The standard InChI is InChI=1S/C16H10O2/c1-7-15(8-2,17-5)13-11-12-14-16(9-3,10-4)18-6/h1-4H,5-6H3. The SMILES string of the molecule is C#CC(C#C)(C#CC#CC(C#C)(C#C)OC)OC. The van der Waals surface area contributed by atoms with Gasteiger partial charge in [-0.25, -0.2) is 0 Å². The number of rotatable bonds is 2. The summed E-state index contributed by atoms with van der Waals surface area (Å²) in [5.41, 5.74) is -2.81. The van der Waals surface area contributed by atoms with Gasteiger partial charge in [-0.15, -0.1) is 25.7 Å². The molecule has 0 fully saturated rings. The molecule has 0 amide bonds. The van der Waals surface area contributed by atoms with Crippen LogP contribution < -0.4 is 0 Å². The highest BCUT2D eigenvalue weighted by atomic mass is 16.5. The monoisotopic (exact) mass is 234 g/mol. The van der Waals surface area contributed by atoms with E-state index in [2.05, 4.69) is 47.4 Å². The van der Waals surface area contributed by atoms with Crippen LogP contribution in [0.5, 0.6) is 0 Å². The van der Waals surface area contributed by atoms with Gasteiger partial charge in [0.15, 0.2) is 0 Å². The molecule has 0 rings (SSSR count). The second-order valence-electron chi connectivity index (χ2n) is 2.85. The highest BCUT2D eigenvalue weighted by Crippen LogP contribution is 2.05. The summed E-state index contributed by atoms with van der Waals surface area (Å²) in [4.78, 5) is 0. The molecular weight excluding hydrogens is 224 g/mol. The van der Waals surface area contributed by atoms with Gasteiger partial charge in [0.2, 0.25) is 0 Å². The van der Waals surface area contributed by atoms with Crippen LogP contribution in [0.3, 0.4) is 0 Å². The Labute approximate surface area is 108 Å². The molecule has 0 aromatic carbocycles. The predicted octanol–water partition coefficient (Wildman–Crippen LogP) is 0.296. The van der Waals surface area contributed by atoms with Crippen molar-refractivity contribution in [3.8, 4) is 73.1 Å². The lowest BCUT2D eigenvalue weighted by molar-refractivity contribution is 0.139. The molecule has 0 N–H and O–H groups in total. The molecule has 0 aliphatic rings. The summed E-state index contributed by atoms with van der Waals surface area (Å²) in [6.07, 6.45) is 20.9.